The highest BCUT2D eigenvalue weighted by molar-refractivity contribution is 5.86. The zero-order valence-electron chi connectivity index (χ0n) is 9.15. The van der Waals surface area contributed by atoms with E-state index in [1.165, 1.54) is 6.26 Å². The maximum absolute atomic E-state index is 11.2. The Bertz CT molecular complexity index is 319. The molecule has 0 amide bonds. The molecule has 0 radical (unpaired) electrons. The lowest BCUT2D eigenvalue weighted by atomic mass is 10.2. The number of oxazole rings is 1. The fourth-order valence-electron chi connectivity index (χ4n) is 0.860. The Labute approximate surface area is 88.4 Å². The predicted molar refractivity (Wildman–Crippen MR) is 52.8 cm³/mol. The summed E-state index contributed by atoms with van der Waals surface area (Å²) in [6.07, 6.45) is 1.33. The Hall–Kier alpha value is -1.52. The molecule has 0 aliphatic carbocycles. The number of hydrogen-bond donors (Lipinski definition) is 0. The Morgan fingerprint density at radius 2 is 2.33 bits per heavy atom. The molecule has 0 spiro atoms. The zero-order chi connectivity index (χ0) is 11.3. The summed E-state index contributed by atoms with van der Waals surface area (Å²) >= 11 is 0. The molecule has 0 aliphatic heterocycles. The summed E-state index contributed by atoms with van der Waals surface area (Å²) in [4.78, 5) is 15.0. The van der Waals surface area contributed by atoms with Gasteiger partial charge in [0, 0.05) is 0 Å². The lowest BCUT2D eigenvalue weighted by molar-refractivity contribution is 0.0519. The van der Waals surface area contributed by atoms with E-state index in [0.29, 0.717) is 19.1 Å². The molecule has 1 rings (SSSR count). The van der Waals surface area contributed by atoms with Crippen molar-refractivity contribution in [2.45, 2.75) is 20.8 Å². The maximum Gasteiger partial charge on any atom is 0.394 e. The van der Waals surface area contributed by atoms with Gasteiger partial charge in [0.25, 0.3) is 0 Å². The van der Waals surface area contributed by atoms with Crippen LogP contribution in [0.2, 0.25) is 0 Å². The second-order valence-electron chi connectivity index (χ2n) is 3.42. The molecule has 0 saturated carbocycles. The van der Waals surface area contributed by atoms with Crippen molar-refractivity contribution >= 4 is 5.97 Å². The third-order valence-corrected chi connectivity index (χ3v) is 1.51. The summed E-state index contributed by atoms with van der Waals surface area (Å²) in [7, 11) is 0. The van der Waals surface area contributed by atoms with Crippen LogP contribution in [-0.4, -0.2) is 24.2 Å². The van der Waals surface area contributed by atoms with Crippen LogP contribution in [0.5, 0.6) is 6.08 Å². The smallest absolute Gasteiger partial charge is 0.394 e. The minimum Gasteiger partial charge on any atom is -0.461 e. The minimum atomic E-state index is -0.499. The number of hydrogen-bond acceptors (Lipinski definition) is 5. The average molecular weight is 213 g/mol. The molecule has 0 bridgehead atoms. The quantitative estimate of drug-likeness (QED) is 0.699. The fourth-order valence-corrected chi connectivity index (χ4v) is 0.860. The number of ether oxygens (including phenoxy) is 2. The first-order chi connectivity index (χ1) is 7.13. The van der Waals surface area contributed by atoms with E-state index >= 15 is 0 Å². The zero-order valence-corrected chi connectivity index (χ0v) is 9.15. The Balaban J connectivity index is 2.52. The molecule has 5 heteroatoms. The van der Waals surface area contributed by atoms with E-state index in [-0.39, 0.29) is 11.8 Å². The molecule has 1 aromatic rings. The number of nitrogens with zero attached hydrogens (tertiary/aromatic N) is 1. The molecule has 15 heavy (non-hydrogen) atoms. The number of carbonyl (C=O) groups excluding carboxylic acids is 1. The lowest BCUT2D eigenvalue weighted by Gasteiger charge is -2.02. The molecule has 0 fully saturated rings. The minimum absolute atomic E-state index is 0.103. The Morgan fingerprint density at radius 1 is 1.60 bits per heavy atom. The molecule has 5 nitrogen and oxygen atoms in total. The summed E-state index contributed by atoms with van der Waals surface area (Å²) in [5.74, 6) is -0.122. The van der Waals surface area contributed by atoms with Gasteiger partial charge in [0.05, 0.1) is 13.2 Å². The van der Waals surface area contributed by atoms with Crippen molar-refractivity contribution in [3.63, 3.8) is 0 Å². The summed E-state index contributed by atoms with van der Waals surface area (Å²) < 4.78 is 14.9. The normalized spacial score (nSPS) is 10.4. The second-order valence-corrected chi connectivity index (χ2v) is 3.42. The van der Waals surface area contributed by atoms with E-state index in [1.807, 2.05) is 13.8 Å². The summed E-state index contributed by atoms with van der Waals surface area (Å²) in [6, 6.07) is 0. The average Bonchev–Trinajstić information content (AvgIpc) is 2.63. The molecule has 1 heterocycles. The van der Waals surface area contributed by atoms with E-state index in [0.717, 1.165) is 0 Å². The summed E-state index contributed by atoms with van der Waals surface area (Å²) in [5, 5.41) is 0. The van der Waals surface area contributed by atoms with E-state index in [9.17, 15) is 4.79 Å². The summed E-state index contributed by atoms with van der Waals surface area (Å²) in [5.41, 5.74) is 0.135. The van der Waals surface area contributed by atoms with E-state index in [4.69, 9.17) is 13.9 Å². The molecule has 0 aliphatic rings. The standard InChI is InChI=1S/C10H15NO4/c1-4-13-9(12)8-6-15-10(11-8)14-5-7(2)3/h6-7H,4-5H2,1-3H3. The molecular formula is C10H15NO4. The van der Waals surface area contributed by atoms with Crippen LogP contribution in [0.15, 0.2) is 10.7 Å². The van der Waals surface area contributed by atoms with Gasteiger partial charge in [-0.1, -0.05) is 13.8 Å². The van der Waals surface area contributed by atoms with Crippen LogP contribution in [0.4, 0.5) is 0 Å². The number of carbonyl (C=O) groups is 1. The van der Waals surface area contributed by atoms with Crippen LogP contribution in [0.1, 0.15) is 31.3 Å². The third kappa shape index (κ3) is 3.61. The number of esters is 1. The maximum atomic E-state index is 11.2. The Kier molecular flexibility index (Phi) is 4.15. The first-order valence-electron chi connectivity index (χ1n) is 4.89. The predicted octanol–water partition coefficient (Wildman–Crippen LogP) is 1.89. The summed E-state index contributed by atoms with van der Waals surface area (Å²) in [6.45, 7) is 6.56. The highest BCUT2D eigenvalue weighted by atomic mass is 16.6. The Morgan fingerprint density at radius 3 is 2.93 bits per heavy atom. The van der Waals surface area contributed by atoms with Gasteiger partial charge in [-0.3, -0.25) is 0 Å². The highest BCUT2D eigenvalue weighted by Gasteiger charge is 2.13. The van der Waals surface area contributed by atoms with E-state index in [1.54, 1.807) is 6.92 Å². The van der Waals surface area contributed by atoms with Crippen molar-refractivity contribution in [2.75, 3.05) is 13.2 Å². The first-order valence-corrected chi connectivity index (χ1v) is 4.89. The topological polar surface area (TPSA) is 61.6 Å². The third-order valence-electron chi connectivity index (χ3n) is 1.51. The largest absolute Gasteiger partial charge is 0.461 e. The van der Waals surface area contributed by atoms with Crippen molar-refractivity contribution in [3.05, 3.63) is 12.0 Å². The second kappa shape index (κ2) is 5.38. The van der Waals surface area contributed by atoms with Crippen LogP contribution in [0.3, 0.4) is 0 Å². The number of rotatable bonds is 5. The van der Waals surface area contributed by atoms with Gasteiger partial charge in [-0.25, -0.2) is 4.79 Å². The van der Waals surface area contributed by atoms with Gasteiger partial charge in [-0.05, 0) is 12.8 Å². The van der Waals surface area contributed by atoms with E-state index < -0.39 is 5.97 Å². The molecule has 0 atom stereocenters. The van der Waals surface area contributed by atoms with Gasteiger partial charge >= 0.3 is 12.0 Å². The highest BCUT2D eigenvalue weighted by Crippen LogP contribution is 2.12. The molecule has 84 valence electrons. The molecule has 0 unspecified atom stereocenters. The molecule has 0 aromatic carbocycles. The fraction of sp³-hybridized carbons (Fsp3) is 0.600. The van der Waals surface area contributed by atoms with Gasteiger partial charge in [0.15, 0.2) is 5.69 Å². The SMILES string of the molecule is CCOC(=O)c1coc(OCC(C)C)n1. The van der Waals surface area contributed by atoms with Gasteiger partial charge in [0.1, 0.15) is 6.26 Å². The van der Waals surface area contributed by atoms with Crippen molar-refractivity contribution in [1.29, 1.82) is 0 Å². The van der Waals surface area contributed by atoms with Crippen molar-refractivity contribution in [3.8, 4) is 6.08 Å². The van der Waals surface area contributed by atoms with Gasteiger partial charge in [0.2, 0.25) is 0 Å². The van der Waals surface area contributed by atoms with Crippen LogP contribution in [-0.2, 0) is 4.74 Å². The van der Waals surface area contributed by atoms with Crippen LogP contribution in [0.25, 0.3) is 0 Å². The van der Waals surface area contributed by atoms with Crippen LogP contribution in [0, 0.1) is 5.92 Å². The molecule has 0 N–H and O–H groups in total. The monoisotopic (exact) mass is 213 g/mol. The van der Waals surface area contributed by atoms with Gasteiger partial charge in [-0.15, -0.1) is 0 Å². The van der Waals surface area contributed by atoms with Crippen molar-refractivity contribution in [2.24, 2.45) is 5.92 Å². The molecular weight excluding hydrogens is 198 g/mol. The lowest BCUT2D eigenvalue weighted by Crippen LogP contribution is -2.06. The first kappa shape index (κ1) is 11.6. The number of aromatic nitrogens is 1. The van der Waals surface area contributed by atoms with Crippen LogP contribution < -0.4 is 4.74 Å². The van der Waals surface area contributed by atoms with Gasteiger partial charge < -0.3 is 13.9 Å². The van der Waals surface area contributed by atoms with Crippen molar-refractivity contribution in [1.82, 2.24) is 4.98 Å². The molecule has 0 saturated heterocycles. The van der Waals surface area contributed by atoms with E-state index in [2.05, 4.69) is 4.98 Å². The van der Waals surface area contributed by atoms with Crippen LogP contribution >= 0.6 is 0 Å². The van der Waals surface area contributed by atoms with Crippen molar-refractivity contribution < 1.29 is 18.7 Å². The van der Waals surface area contributed by atoms with Gasteiger partial charge in [-0.2, -0.15) is 4.98 Å². The molecule has 1 aromatic heterocycles.